The van der Waals surface area contributed by atoms with E-state index in [4.69, 9.17) is 9.15 Å². The molecular weight excluding hydrogens is 344 g/mol. The van der Waals surface area contributed by atoms with Gasteiger partial charge in [-0.25, -0.2) is 0 Å². The zero-order valence-corrected chi connectivity index (χ0v) is 14.9. The Hall–Kier alpha value is -3.54. The van der Waals surface area contributed by atoms with Gasteiger partial charge in [0.25, 0.3) is 11.8 Å². The van der Waals surface area contributed by atoms with Crippen molar-refractivity contribution in [1.82, 2.24) is 0 Å². The van der Waals surface area contributed by atoms with E-state index in [1.165, 1.54) is 6.26 Å². The molecule has 2 amide bonds. The number of furan rings is 1. The van der Waals surface area contributed by atoms with Crippen LogP contribution >= 0.6 is 0 Å². The van der Waals surface area contributed by atoms with Gasteiger partial charge in [-0.3, -0.25) is 9.59 Å². The molecule has 2 N–H and O–H groups in total. The maximum atomic E-state index is 12.1. The van der Waals surface area contributed by atoms with Crippen LogP contribution in [0.3, 0.4) is 0 Å². The largest absolute Gasteiger partial charge is 0.483 e. The van der Waals surface area contributed by atoms with Crippen LogP contribution in [0.2, 0.25) is 0 Å². The van der Waals surface area contributed by atoms with Gasteiger partial charge in [-0.05, 0) is 54.4 Å². The molecule has 3 rings (SSSR count). The van der Waals surface area contributed by atoms with E-state index < -0.39 is 0 Å². The van der Waals surface area contributed by atoms with E-state index in [1.807, 2.05) is 31.2 Å². The third-order valence-electron chi connectivity index (χ3n) is 3.88. The summed E-state index contributed by atoms with van der Waals surface area (Å²) in [6.45, 7) is 1.96. The first-order chi connectivity index (χ1) is 13.2. The van der Waals surface area contributed by atoms with Crippen LogP contribution < -0.4 is 15.4 Å². The number of aryl methyl sites for hydroxylation is 1. The molecule has 0 bridgehead atoms. The zero-order valence-electron chi connectivity index (χ0n) is 14.9. The van der Waals surface area contributed by atoms with Crippen LogP contribution in [0.4, 0.5) is 11.4 Å². The van der Waals surface area contributed by atoms with Gasteiger partial charge in [-0.15, -0.1) is 0 Å². The number of rotatable bonds is 7. The summed E-state index contributed by atoms with van der Waals surface area (Å²) in [5, 5.41) is 5.48. The van der Waals surface area contributed by atoms with Crippen molar-refractivity contribution in [3.05, 3.63) is 78.3 Å². The Morgan fingerprint density at radius 1 is 0.926 bits per heavy atom. The van der Waals surface area contributed by atoms with Crippen LogP contribution in [0.1, 0.15) is 23.0 Å². The van der Waals surface area contributed by atoms with Crippen molar-refractivity contribution in [2.45, 2.75) is 13.3 Å². The standard InChI is InChI=1S/C21H20N2O4/c1-2-15-6-3-4-7-18(15)27-14-20(24)22-16-9-11-17(12-10-16)23-21(25)19-8-5-13-26-19/h3-13H,2,14H2,1H3,(H,22,24)(H,23,25). The number of para-hydroxylation sites is 1. The Bertz CT molecular complexity index is 902. The average molecular weight is 364 g/mol. The quantitative estimate of drug-likeness (QED) is 0.661. The molecule has 0 saturated heterocycles. The van der Waals surface area contributed by atoms with Gasteiger partial charge in [0.1, 0.15) is 5.75 Å². The predicted octanol–water partition coefficient (Wildman–Crippen LogP) is 4.11. The first-order valence-corrected chi connectivity index (χ1v) is 8.61. The highest BCUT2D eigenvalue weighted by Crippen LogP contribution is 2.19. The molecule has 27 heavy (non-hydrogen) atoms. The molecular formula is C21H20N2O4. The molecule has 3 aromatic rings. The number of nitrogens with one attached hydrogen (secondary N) is 2. The smallest absolute Gasteiger partial charge is 0.291 e. The minimum absolute atomic E-state index is 0.0754. The van der Waals surface area contributed by atoms with Gasteiger partial charge in [-0.2, -0.15) is 0 Å². The van der Waals surface area contributed by atoms with Crippen molar-refractivity contribution in [3.8, 4) is 5.75 Å². The Kier molecular flexibility index (Phi) is 5.89. The van der Waals surface area contributed by atoms with Crippen LogP contribution in [0.15, 0.2) is 71.3 Å². The van der Waals surface area contributed by atoms with Crippen molar-refractivity contribution in [3.63, 3.8) is 0 Å². The van der Waals surface area contributed by atoms with Gasteiger partial charge in [-0.1, -0.05) is 25.1 Å². The lowest BCUT2D eigenvalue weighted by molar-refractivity contribution is -0.118. The van der Waals surface area contributed by atoms with Crippen molar-refractivity contribution in [2.75, 3.05) is 17.2 Å². The Morgan fingerprint density at radius 2 is 1.63 bits per heavy atom. The number of carbonyl (C=O) groups excluding carboxylic acids is 2. The maximum Gasteiger partial charge on any atom is 0.291 e. The summed E-state index contributed by atoms with van der Waals surface area (Å²) in [5.74, 6) is 0.357. The molecule has 0 aliphatic rings. The van der Waals surface area contributed by atoms with E-state index in [-0.39, 0.29) is 24.2 Å². The second-order valence-corrected chi connectivity index (χ2v) is 5.81. The summed E-state index contributed by atoms with van der Waals surface area (Å²) in [6, 6.07) is 17.7. The Balaban J connectivity index is 1.51. The molecule has 138 valence electrons. The summed E-state index contributed by atoms with van der Waals surface area (Å²) < 4.78 is 10.6. The minimum atomic E-state index is -0.334. The molecule has 0 unspecified atom stereocenters. The number of ether oxygens (including phenoxy) is 1. The van der Waals surface area contributed by atoms with Crippen molar-refractivity contribution < 1.29 is 18.7 Å². The second-order valence-electron chi connectivity index (χ2n) is 5.81. The molecule has 2 aromatic carbocycles. The van der Waals surface area contributed by atoms with Crippen LogP contribution in [0.25, 0.3) is 0 Å². The number of carbonyl (C=O) groups is 2. The molecule has 0 saturated carbocycles. The molecule has 0 aliphatic carbocycles. The lowest BCUT2D eigenvalue weighted by Gasteiger charge is -2.11. The molecule has 1 heterocycles. The van der Waals surface area contributed by atoms with E-state index in [0.29, 0.717) is 17.1 Å². The third kappa shape index (κ3) is 4.98. The molecule has 0 aliphatic heterocycles. The number of hydrogen-bond acceptors (Lipinski definition) is 4. The van der Waals surface area contributed by atoms with Gasteiger partial charge in [0, 0.05) is 11.4 Å². The predicted molar refractivity (Wildman–Crippen MR) is 103 cm³/mol. The van der Waals surface area contributed by atoms with Gasteiger partial charge in [0.05, 0.1) is 6.26 Å². The summed E-state index contributed by atoms with van der Waals surface area (Å²) >= 11 is 0. The van der Waals surface area contributed by atoms with E-state index in [9.17, 15) is 9.59 Å². The van der Waals surface area contributed by atoms with Crippen molar-refractivity contribution in [1.29, 1.82) is 0 Å². The van der Waals surface area contributed by atoms with Gasteiger partial charge >= 0.3 is 0 Å². The summed E-state index contributed by atoms with van der Waals surface area (Å²) in [6.07, 6.45) is 2.28. The second kappa shape index (κ2) is 8.71. The fourth-order valence-electron chi connectivity index (χ4n) is 2.51. The molecule has 6 heteroatoms. The molecule has 0 atom stereocenters. The van der Waals surface area contributed by atoms with Gasteiger partial charge < -0.3 is 19.8 Å². The van der Waals surface area contributed by atoms with Crippen LogP contribution in [-0.4, -0.2) is 18.4 Å². The maximum absolute atomic E-state index is 12.1. The van der Waals surface area contributed by atoms with Gasteiger partial charge in [0.2, 0.25) is 0 Å². The Morgan fingerprint density at radius 3 is 2.30 bits per heavy atom. The van der Waals surface area contributed by atoms with Crippen molar-refractivity contribution >= 4 is 23.2 Å². The Labute approximate surface area is 157 Å². The van der Waals surface area contributed by atoms with Crippen LogP contribution in [0.5, 0.6) is 5.75 Å². The number of hydrogen-bond donors (Lipinski definition) is 2. The number of benzene rings is 2. The fourth-order valence-corrected chi connectivity index (χ4v) is 2.51. The van der Waals surface area contributed by atoms with E-state index >= 15 is 0 Å². The van der Waals surface area contributed by atoms with Crippen molar-refractivity contribution in [2.24, 2.45) is 0 Å². The third-order valence-corrected chi connectivity index (χ3v) is 3.88. The highest BCUT2D eigenvalue weighted by atomic mass is 16.5. The summed E-state index contributed by atoms with van der Waals surface area (Å²) in [5.41, 5.74) is 2.27. The van der Waals surface area contributed by atoms with E-state index in [0.717, 1.165) is 12.0 Å². The first-order valence-electron chi connectivity index (χ1n) is 8.61. The lowest BCUT2D eigenvalue weighted by Crippen LogP contribution is -2.20. The minimum Gasteiger partial charge on any atom is -0.483 e. The van der Waals surface area contributed by atoms with Crippen LogP contribution in [-0.2, 0) is 11.2 Å². The summed E-state index contributed by atoms with van der Waals surface area (Å²) in [4.78, 5) is 24.0. The van der Waals surface area contributed by atoms with Crippen LogP contribution in [0, 0.1) is 0 Å². The SMILES string of the molecule is CCc1ccccc1OCC(=O)Nc1ccc(NC(=O)c2ccco2)cc1. The van der Waals surface area contributed by atoms with Gasteiger partial charge in [0.15, 0.2) is 12.4 Å². The monoisotopic (exact) mass is 364 g/mol. The highest BCUT2D eigenvalue weighted by Gasteiger charge is 2.09. The molecule has 0 spiro atoms. The average Bonchev–Trinajstić information content (AvgIpc) is 3.23. The first kappa shape index (κ1) is 18.3. The van der Waals surface area contributed by atoms with E-state index in [1.54, 1.807) is 36.4 Å². The molecule has 6 nitrogen and oxygen atoms in total. The normalized spacial score (nSPS) is 10.3. The summed E-state index contributed by atoms with van der Waals surface area (Å²) in [7, 11) is 0. The molecule has 1 aromatic heterocycles. The molecule has 0 radical (unpaired) electrons. The lowest BCUT2D eigenvalue weighted by atomic mass is 10.1. The fraction of sp³-hybridized carbons (Fsp3) is 0.143. The van der Waals surface area contributed by atoms with E-state index in [2.05, 4.69) is 10.6 Å². The topological polar surface area (TPSA) is 80.6 Å². The number of amides is 2. The molecule has 0 fully saturated rings. The highest BCUT2D eigenvalue weighted by molar-refractivity contribution is 6.02. The zero-order chi connectivity index (χ0) is 19.1. The number of anilines is 2.